The summed E-state index contributed by atoms with van der Waals surface area (Å²) in [4.78, 5) is 8.65. The van der Waals surface area contributed by atoms with Crippen molar-refractivity contribution in [2.45, 2.75) is 45.4 Å². The van der Waals surface area contributed by atoms with Crippen LogP contribution in [0.1, 0.15) is 42.9 Å². The maximum absolute atomic E-state index is 14.5. The monoisotopic (exact) mass is 402 g/mol. The van der Waals surface area contributed by atoms with Gasteiger partial charge in [0.25, 0.3) is 0 Å². The van der Waals surface area contributed by atoms with Gasteiger partial charge in [-0.1, -0.05) is 31.9 Å². The number of hydrogen-bond acceptors (Lipinski definition) is 2. The molecule has 29 heavy (non-hydrogen) atoms. The third-order valence-electron chi connectivity index (χ3n) is 4.81. The fourth-order valence-electron chi connectivity index (χ4n) is 3.13. The highest BCUT2D eigenvalue weighted by molar-refractivity contribution is 5.55. The van der Waals surface area contributed by atoms with E-state index in [1.807, 2.05) is 0 Å². The number of rotatable bonds is 8. The minimum absolute atomic E-state index is 0.188. The second-order valence-corrected chi connectivity index (χ2v) is 7.05. The molecule has 1 aromatic heterocycles. The number of halogens is 4. The van der Waals surface area contributed by atoms with Crippen LogP contribution in [0, 0.1) is 23.3 Å². The molecule has 1 heterocycles. The van der Waals surface area contributed by atoms with Crippen molar-refractivity contribution in [2.75, 3.05) is 0 Å². The largest absolute Gasteiger partial charge is 0.236 e. The molecule has 0 saturated heterocycles. The molecule has 0 fully saturated rings. The van der Waals surface area contributed by atoms with Gasteiger partial charge in [-0.3, -0.25) is 0 Å². The average Bonchev–Trinajstić information content (AvgIpc) is 2.71. The van der Waals surface area contributed by atoms with Gasteiger partial charge in [0, 0.05) is 18.0 Å². The molecule has 0 spiro atoms. The number of aryl methyl sites for hydroxylation is 3. The van der Waals surface area contributed by atoms with Crippen LogP contribution in [-0.2, 0) is 19.3 Å². The lowest BCUT2D eigenvalue weighted by molar-refractivity contribution is 0.445. The van der Waals surface area contributed by atoms with Crippen LogP contribution in [0.3, 0.4) is 0 Å². The highest BCUT2D eigenvalue weighted by Gasteiger charge is 2.12. The van der Waals surface area contributed by atoms with Crippen molar-refractivity contribution in [3.05, 3.63) is 82.7 Å². The SMILES string of the molecule is CCCCCc1cnc(-c2ccc(CCc3cc(F)c(F)c(F)c3)c(F)c2)nc1. The number of nitrogens with zero attached hydrogens (tertiary/aromatic N) is 2. The first-order valence-corrected chi connectivity index (χ1v) is 9.71. The van der Waals surface area contributed by atoms with Gasteiger partial charge in [-0.2, -0.15) is 0 Å². The maximum Gasteiger partial charge on any atom is 0.194 e. The van der Waals surface area contributed by atoms with Gasteiger partial charge < -0.3 is 0 Å². The Labute approximate surface area is 167 Å². The van der Waals surface area contributed by atoms with Gasteiger partial charge in [-0.15, -0.1) is 0 Å². The molecule has 3 aromatic rings. The summed E-state index contributed by atoms with van der Waals surface area (Å²) in [6, 6.07) is 6.55. The predicted molar refractivity (Wildman–Crippen MR) is 104 cm³/mol. The Morgan fingerprint density at radius 3 is 2.03 bits per heavy atom. The van der Waals surface area contributed by atoms with Crippen molar-refractivity contribution < 1.29 is 17.6 Å². The van der Waals surface area contributed by atoms with Crippen LogP contribution in [0.15, 0.2) is 42.7 Å². The molecule has 0 bridgehead atoms. The first-order valence-electron chi connectivity index (χ1n) is 9.71. The third-order valence-corrected chi connectivity index (χ3v) is 4.81. The molecule has 6 heteroatoms. The number of unbranched alkanes of at least 4 members (excludes halogenated alkanes) is 2. The van der Waals surface area contributed by atoms with E-state index >= 15 is 0 Å². The minimum atomic E-state index is -1.50. The summed E-state index contributed by atoms with van der Waals surface area (Å²) in [5, 5.41) is 0. The van der Waals surface area contributed by atoms with Crippen molar-refractivity contribution in [3.8, 4) is 11.4 Å². The molecule has 0 saturated carbocycles. The van der Waals surface area contributed by atoms with Crippen LogP contribution in [0.25, 0.3) is 11.4 Å². The smallest absolute Gasteiger partial charge is 0.194 e. The maximum atomic E-state index is 14.5. The van der Waals surface area contributed by atoms with Crippen LogP contribution in [0.4, 0.5) is 17.6 Å². The van der Waals surface area contributed by atoms with Crippen molar-refractivity contribution in [1.82, 2.24) is 9.97 Å². The fraction of sp³-hybridized carbons (Fsp3) is 0.304. The summed E-state index contributed by atoms with van der Waals surface area (Å²) < 4.78 is 54.1. The van der Waals surface area contributed by atoms with Crippen LogP contribution in [-0.4, -0.2) is 9.97 Å². The molecule has 0 unspecified atom stereocenters. The van der Waals surface area contributed by atoms with E-state index in [1.54, 1.807) is 24.5 Å². The molecule has 3 rings (SSSR count). The molecule has 0 aliphatic heterocycles. The van der Waals surface area contributed by atoms with Crippen molar-refractivity contribution in [2.24, 2.45) is 0 Å². The Bertz CT molecular complexity index is 948. The summed E-state index contributed by atoms with van der Waals surface area (Å²) in [6.45, 7) is 2.15. The Morgan fingerprint density at radius 2 is 1.41 bits per heavy atom. The first-order chi connectivity index (χ1) is 14.0. The highest BCUT2D eigenvalue weighted by Crippen LogP contribution is 2.21. The Morgan fingerprint density at radius 1 is 0.724 bits per heavy atom. The zero-order valence-electron chi connectivity index (χ0n) is 16.2. The van der Waals surface area contributed by atoms with E-state index in [0.29, 0.717) is 17.0 Å². The second kappa shape index (κ2) is 9.63. The zero-order chi connectivity index (χ0) is 20.8. The summed E-state index contributed by atoms with van der Waals surface area (Å²) in [5.74, 6) is -3.99. The zero-order valence-corrected chi connectivity index (χ0v) is 16.2. The molecule has 0 amide bonds. The molecule has 0 radical (unpaired) electrons. The van der Waals surface area contributed by atoms with E-state index < -0.39 is 23.3 Å². The standard InChI is InChI=1S/C23H22F4N2/c1-2-3-4-5-16-13-28-23(29-14-16)18-9-8-17(19(24)12-18)7-6-15-10-20(25)22(27)21(26)11-15/h8-14H,2-7H2,1H3. The quantitative estimate of drug-likeness (QED) is 0.254. The van der Waals surface area contributed by atoms with Crippen molar-refractivity contribution >= 4 is 0 Å². The summed E-state index contributed by atoms with van der Waals surface area (Å²) in [5.41, 5.74) is 2.28. The predicted octanol–water partition coefficient (Wildman–Crippen LogP) is 6.22. The summed E-state index contributed by atoms with van der Waals surface area (Å²) in [7, 11) is 0. The highest BCUT2D eigenvalue weighted by atomic mass is 19.2. The topological polar surface area (TPSA) is 25.8 Å². The van der Waals surface area contributed by atoms with E-state index in [9.17, 15) is 17.6 Å². The normalized spacial score (nSPS) is 11.1. The summed E-state index contributed by atoms with van der Waals surface area (Å²) in [6.07, 6.45) is 8.27. The Balaban J connectivity index is 1.67. The van der Waals surface area contributed by atoms with E-state index in [0.717, 1.165) is 43.4 Å². The number of hydrogen-bond donors (Lipinski definition) is 0. The van der Waals surface area contributed by atoms with Gasteiger partial charge in [0.15, 0.2) is 23.3 Å². The van der Waals surface area contributed by atoms with Gasteiger partial charge in [0.05, 0.1) is 0 Å². The summed E-state index contributed by atoms with van der Waals surface area (Å²) >= 11 is 0. The molecule has 2 aromatic carbocycles. The lowest BCUT2D eigenvalue weighted by Crippen LogP contribution is -1.99. The van der Waals surface area contributed by atoms with Crippen LogP contribution in [0.2, 0.25) is 0 Å². The van der Waals surface area contributed by atoms with E-state index in [4.69, 9.17) is 0 Å². The van der Waals surface area contributed by atoms with Gasteiger partial charge >= 0.3 is 0 Å². The Kier molecular flexibility index (Phi) is 6.96. The van der Waals surface area contributed by atoms with Crippen molar-refractivity contribution in [1.29, 1.82) is 0 Å². The lowest BCUT2D eigenvalue weighted by Gasteiger charge is -2.07. The van der Waals surface area contributed by atoms with Gasteiger partial charge in [0.2, 0.25) is 0 Å². The first kappa shape index (κ1) is 21.0. The second-order valence-electron chi connectivity index (χ2n) is 7.05. The molecular formula is C23H22F4N2. The minimum Gasteiger partial charge on any atom is -0.236 e. The van der Waals surface area contributed by atoms with Crippen LogP contribution in [0.5, 0.6) is 0 Å². The molecule has 0 N–H and O–H groups in total. The molecule has 0 atom stereocenters. The van der Waals surface area contributed by atoms with Crippen LogP contribution < -0.4 is 0 Å². The molecular weight excluding hydrogens is 380 g/mol. The van der Waals surface area contributed by atoms with Gasteiger partial charge in [-0.25, -0.2) is 27.5 Å². The van der Waals surface area contributed by atoms with Gasteiger partial charge in [-0.05, 0) is 60.6 Å². The molecule has 0 aliphatic carbocycles. The fourth-order valence-corrected chi connectivity index (χ4v) is 3.13. The van der Waals surface area contributed by atoms with Crippen molar-refractivity contribution in [3.63, 3.8) is 0 Å². The molecule has 0 aliphatic rings. The van der Waals surface area contributed by atoms with Gasteiger partial charge in [0.1, 0.15) is 5.82 Å². The van der Waals surface area contributed by atoms with E-state index in [1.165, 1.54) is 6.07 Å². The molecule has 2 nitrogen and oxygen atoms in total. The average molecular weight is 402 g/mol. The molecule has 152 valence electrons. The third kappa shape index (κ3) is 5.40. The van der Waals surface area contributed by atoms with E-state index in [-0.39, 0.29) is 18.4 Å². The number of aromatic nitrogens is 2. The van der Waals surface area contributed by atoms with Crippen LogP contribution >= 0.6 is 0 Å². The Hall–Kier alpha value is -2.76. The van der Waals surface area contributed by atoms with E-state index in [2.05, 4.69) is 16.9 Å². The lowest BCUT2D eigenvalue weighted by atomic mass is 10.0. The number of benzene rings is 2.